The van der Waals surface area contributed by atoms with Crippen LogP contribution in [0.25, 0.3) is 0 Å². The Morgan fingerprint density at radius 2 is 0.692 bits per heavy atom. The Morgan fingerprint density at radius 1 is 0.462 bits per heavy atom. The Bertz CT molecular complexity index is 689. The van der Waals surface area contributed by atoms with E-state index in [1.807, 2.05) is 93.6 Å². The zero-order chi connectivity index (χ0) is 17.6. The molecular formula is C21H24BO3P. The quantitative estimate of drug-likeness (QED) is 0.444. The van der Waals surface area contributed by atoms with E-state index in [4.69, 9.17) is 13.6 Å². The van der Waals surface area contributed by atoms with E-state index < -0.39 is 8.60 Å². The van der Waals surface area contributed by atoms with Crippen molar-refractivity contribution < 1.29 is 13.6 Å². The maximum atomic E-state index is 5.96. The van der Waals surface area contributed by atoms with Crippen molar-refractivity contribution in [3.63, 3.8) is 0 Å². The zero-order valence-electron chi connectivity index (χ0n) is 14.6. The van der Waals surface area contributed by atoms with Crippen LogP contribution >= 0.6 is 8.60 Å². The Hall–Kier alpha value is -2.45. The van der Waals surface area contributed by atoms with Gasteiger partial charge in [-0.2, -0.15) is 0 Å². The number of benzene rings is 3. The van der Waals surface area contributed by atoms with E-state index in [0.717, 1.165) is 17.2 Å². The van der Waals surface area contributed by atoms with Gasteiger partial charge in [-0.25, -0.2) is 0 Å². The molecule has 26 heavy (non-hydrogen) atoms. The van der Waals surface area contributed by atoms with Crippen molar-refractivity contribution in [1.82, 2.24) is 0 Å². The smallest absolute Gasteiger partial charge is 0.409 e. The highest BCUT2D eigenvalue weighted by atomic mass is 31.2. The van der Waals surface area contributed by atoms with Crippen molar-refractivity contribution in [1.29, 1.82) is 0 Å². The second kappa shape index (κ2) is 9.31. The highest BCUT2D eigenvalue weighted by Crippen LogP contribution is 2.42. The molecule has 0 saturated heterocycles. The van der Waals surface area contributed by atoms with Gasteiger partial charge in [-0.1, -0.05) is 53.1 Å². The fraction of sp³-hybridized carbons (Fsp3) is 0.143. The minimum Gasteiger partial charge on any atom is -0.409 e. The van der Waals surface area contributed by atoms with Gasteiger partial charge < -0.3 is 13.6 Å². The molecule has 0 heterocycles. The maximum Gasteiger partial charge on any atom is 0.530 e. The first kappa shape index (κ1) is 19.9. The molecule has 0 N–H and O–H groups in total. The highest BCUT2D eigenvalue weighted by Gasteiger charge is 2.19. The Morgan fingerprint density at radius 3 is 0.923 bits per heavy atom. The summed E-state index contributed by atoms with van der Waals surface area (Å²) in [6.07, 6.45) is 0. The van der Waals surface area contributed by atoms with Crippen molar-refractivity contribution >= 4 is 17.0 Å². The summed E-state index contributed by atoms with van der Waals surface area (Å²) in [6, 6.07) is 23.5. The van der Waals surface area contributed by atoms with Gasteiger partial charge in [-0.3, -0.25) is 0 Å². The molecule has 0 aliphatic heterocycles. The fourth-order valence-corrected chi connectivity index (χ4v) is 3.10. The second-order valence-electron chi connectivity index (χ2n) is 5.94. The minimum atomic E-state index is -1.62. The van der Waals surface area contributed by atoms with E-state index in [0.29, 0.717) is 0 Å². The first-order valence-corrected chi connectivity index (χ1v) is 9.22. The Balaban J connectivity index is 0.00000243. The van der Waals surface area contributed by atoms with Crippen LogP contribution in [-0.2, 0) is 0 Å². The molecule has 5 heteroatoms. The Labute approximate surface area is 158 Å². The van der Waals surface area contributed by atoms with Gasteiger partial charge in [0, 0.05) is 0 Å². The summed E-state index contributed by atoms with van der Waals surface area (Å²) in [7, 11) is -1.62. The minimum absolute atomic E-state index is 0. The summed E-state index contributed by atoms with van der Waals surface area (Å²) in [6.45, 7) is 6.12. The van der Waals surface area contributed by atoms with E-state index in [-0.39, 0.29) is 8.41 Å². The molecule has 0 aliphatic carbocycles. The van der Waals surface area contributed by atoms with Crippen LogP contribution in [0, 0.1) is 20.8 Å². The highest BCUT2D eigenvalue weighted by molar-refractivity contribution is 7.43. The van der Waals surface area contributed by atoms with Gasteiger partial charge in [0.05, 0.1) is 8.41 Å². The van der Waals surface area contributed by atoms with E-state index in [2.05, 4.69) is 0 Å². The third kappa shape index (κ3) is 5.82. The molecule has 3 aromatic rings. The molecule has 0 bridgehead atoms. The van der Waals surface area contributed by atoms with Crippen LogP contribution in [0.3, 0.4) is 0 Å². The number of rotatable bonds is 6. The summed E-state index contributed by atoms with van der Waals surface area (Å²) in [5, 5.41) is 0. The van der Waals surface area contributed by atoms with Crippen molar-refractivity contribution in [3.8, 4) is 17.2 Å². The lowest BCUT2D eigenvalue weighted by atomic mass is 10.2. The topological polar surface area (TPSA) is 27.7 Å². The van der Waals surface area contributed by atoms with Gasteiger partial charge in [0.1, 0.15) is 17.2 Å². The number of hydrogen-bond donors (Lipinski definition) is 0. The van der Waals surface area contributed by atoms with Crippen LogP contribution in [0.2, 0.25) is 0 Å². The summed E-state index contributed by atoms with van der Waals surface area (Å²) in [5.74, 6) is 2.16. The molecule has 0 saturated carbocycles. The van der Waals surface area contributed by atoms with E-state index in [1.54, 1.807) is 0 Å². The van der Waals surface area contributed by atoms with Gasteiger partial charge in [0.15, 0.2) is 0 Å². The Kier molecular flexibility index (Phi) is 7.11. The third-order valence-electron chi connectivity index (χ3n) is 3.60. The zero-order valence-corrected chi connectivity index (χ0v) is 15.5. The van der Waals surface area contributed by atoms with E-state index >= 15 is 0 Å². The van der Waals surface area contributed by atoms with Crippen LogP contribution in [-0.4, -0.2) is 8.41 Å². The molecule has 0 atom stereocenters. The van der Waals surface area contributed by atoms with Crippen molar-refractivity contribution in [2.75, 3.05) is 0 Å². The van der Waals surface area contributed by atoms with Gasteiger partial charge >= 0.3 is 8.60 Å². The first-order valence-electron chi connectivity index (χ1n) is 8.12. The van der Waals surface area contributed by atoms with Gasteiger partial charge in [0.2, 0.25) is 0 Å². The first-order chi connectivity index (χ1) is 12.1. The molecule has 0 aliphatic rings. The predicted molar refractivity (Wildman–Crippen MR) is 112 cm³/mol. The van der Waals surface area contributed by atoms with Crippen molar-refractivity contribution in [2.24, 2.45) is 0 Å². The maximum absolute atomic E-state index is 5.96. The molecular weight excluding hydrogens is 342 g/mol. The summed E-state index contributed by atoms with van der Waals surface area (Å²) in [5.41, 5.74) is 3.53. The predicted octanol–water partition coefficient (Wildman–Crippen LogP) is 5.19. The molecule has 0 aromatic heterocycles. The molecule has 0 amide bonds. The van der Waals surface area contributed by atoms with Gasteiger partial charge in [-0.05, 0) is 57.2 Å². The SMILES string of the molecule is B.Cc1ccc(OP(Oc2ccc(C)cc2)Oc2ccc(C)cc2)cc1. The number of aryl methyl sites for hydroxylation is 3. The van der Waals surface area contributed by atoms with E-state index in [1.165, 1.54) is 16.7 Å². The molecule has 0 fully saturated rings. The van der Waals surface area contributed by atoms with Crippen LogP contribution < -0.4 is 13.6 Å². The lowest BCUT2D eigenvalue weighted by Gasteiger charge is -2.18. The summed E-state index contributed by atoms with van der Waals surface area (Å²) >= 11 is 0. The van der Waals surface area contributed by atoms with Crippen molar-refractivity contribution in [2.45, 2.75) is 20.8 Å². The van der Waals surface area contributed by atoms with Crippen LogP contribution in [0.15, 0.2) is 72.8 Å². The van der Waals surface area contributed by atoms with Gasteiger partial charge in [-0.15, -0.1) is 0 Å². The molecule has 3 nitrogen and oxygen atoms in total. The molecule has 134 valence electrons. The third-order valence-corrected chi connectivity index (χ3v) is 4.68. The normalized spacial score (nSPS) is 10.2. The van der Waals surface area contributed by atoms with Gasteiger partial charge in [0.25, 0.3) is 0 Å². The molecule has 3 aromatic carbocycles. The number of hydrogen-bond acceptors (Lipinski definition) is 3. The largest absolute Gasteiger partial charge is 0.530 e. The average molecular weight is 366 g/mol. The monoisotopic (exact) mass is 366 g/mol. The molecule has 0 radical (unpaired) electrons. The van der Waals surface area contributed by atoms with Crippen LogP contribution in [0.5, 0.6) is 17.2 Å². The summed E-state index contributed by atoms with van der Waals surface area (Å²) in [4.78, 5) is 0. The lowest BCUT2D eigenvalue weighted by Crippen LogP contribution is -2.02. The average Bonchev–Trinajstić information content (AvgIpc) is 2.61. The summed E-state index contributed by atoms with van der Waals surface area (Å²) < 4.78 is 17.9. The fourth-order valence-electron chi connectivity index (χ4n) is 2.11. The van der Waals surface area contributed by atoms with Crippen LogP contribution in [0.4, 0.5) is 0 Å². The lowest BCUT2D eigenvalue weighted by molar-refractivity contribution is 0.388. The van der Waals surface area contributed by atoms with E-state index in [9.17, 15) is 0 Å². The molecule has 0 unspecified atom stereocenters. The van der Waals surface area contributed by atoms with Crippen molar-refractivity contribution in [3.05, 3.63) is 89.5 Å². The standard InChI is InChI=1S/C21H21O3P.BH3/c1-16-4-10-19(11-5-16)22-25(23-20-12-6-17(2)7-13-20)24-21-14-8-18(3)9-15-21;/h4-15H,1-3H3;1H3. The van der Waals surface area contributed by atoms with Crippen LogP contribution in [0.1, 0.15) is 16.7 Å². The second-order valence-corrected chi connectivity index (χ2v) is 6.93. The molecule has 0 spiro atoms. The molecule has 3 rings (SSSR count).